The summed E-state index contributed by atoms with van der Waals surface area (Å²) in [6, 6.07) is 6.92. The van der Waals surface area contributed by atoms with E-state index < -0.39 is 20.9 Å². The first-order valence-corrected chi connectivity index (χ1v) is 9.67. The second kappa shape index (κ2) is 6.83. The topological polar surface area (TPSA) is 72.8 Å². The van der Waals surface area contributed by atoms with Crippen molar-refractivity contribution in [1.29, 1.82) is 0 Å². The highest BCUT2D eigenvalue weighted by molar-refractivity contribution is 7.78. The summed E-state index contributed by atoms with van der Waals surface area (Å²) in [7, 11) is -7.29. The largest absolute Gasteiger partial charge is 0.338 e. The number of aryl methyl sites for hydroxylation is 1. The smallest absolute Gasteiger partial charge is 0.325 e. The predicted molar refractivity (Wildman–Crippen MR) is 76.4 cm³/mol. The molecule has 0 aliphatic rings. The summed E-state index contributed by atoms with van der Waals surface area (Å²) >= 11 is 0. The zero-order valence-electron chi connectivity index (χ0n) is 11.4. The summed E-state index contributed by atoms with van der Waals surface area (Å²) in [4.78, 5) is 9.67. The Balaban J connectivity index is 3.07. The fourth-order valence-electron chi connectivity index (χ4n) is 1.66. The van der Waals surface area contributed by atoms with Crippen LogP contribution in [0, 0.1) is 6.92 Å². The third kappa shape index (κ3) is 4.87. The van der Waals surface area contributed by atoms with E-state index in [9.17, 15) is 14.0 Å². The van der Waals surface area contributed by atoms with Gasteiger partial charge >= 0.3 is 7.60 Å². The third-order valence-electron chi connectivity index (χ3n) is 2.46. The highest BCUT2D eigenvalue weighted by atomic mass is 31.2. The first-order chi connectivity index (χ1) is 8.83. The van der Waals surface area contributed by atoms with Crippen LogP contribution >= 0.6 is 15.0 Å². The molecule has 1 N–H and O–H groups in total. The van der Waals surface area contributed by atoms with E-state index in [2.05, 4.69) is 0 Å². The van der Waals surface area contributed by atoms with Crippen molar-refractivity contribution < 1.29 is 23.1 Å². The van der Waals surface area contributed by atoms with E-state index in [4.69, 9.17) is 9.05 Å². The number of benzene rings is 1. The summed E-state index contributed by atoms with van der Waals surface area (Å²) in [6.07, 6.45) is 0. The number of hydrogen-bond donors (Lipinski definition) is 1. The Morgan fingerprint density at radius 3 is 2.05 bits per heavy atom. The molecule has 7 heteroatoms. The van der Waals surface area contributed by atoms with E-state index in [1.54, 1.807) is 38.1 Å². The second-order valence-corrected chi connectivity index (χ2v) is 8.91. The lowest BCUT2D eigenvalue weighted by Gasteiger charge is -2.20. The van der Waals surface area contributed by atoms with Crippen LogP contribution in [0.3, 0.4) is 0 Å². The van der Waals surface area contributed by atoms with E-state index in [1.165, 1.54) is 0 Å². The predicted octanol–water partition coefficient (Wildman–Crippen LogP) is 3.11. The lowest BCUT2D eigenvalue weighted by Crippen LogP contribution is -2.12. The van der Waals surface area contributed by atoms with Crippen LogP contribution in [0.4, 0.5) is 0 Å². The maximum absolute atomic E-state index is 12.8. The quantitative estimate of drug-likeness (QED) is 0.784. The minimum atomic E-state index is -3.91. The first-order valence-electron chi connectivity index (χ1n) is 6.10. The highest BCUT2D eigenvalue weighted by Crippen LogP contribution is 2.59. The molecule has 0 bridgehead atoms. The molecule has 0 amide bonds. The summed E-state index contributed by atoms with van der Waals surface area (Å²) in [5, 5.41) is 0.439. The minimum Gasteiger partial charge on any atom is -0.325 e. The Labute approximate surface area is 113 Å². The van der Waals surface area contributed by atoms with Crippen LogP contribution in [0.15, 0.2) is 24.3 Å². The molecule has 0 fully saturated rings. The standard InChI is InChI=1S/C12H20O5P2/c1-4-16-18(13,10-19(14,15)17-5-2)12-8-6-11(3)7-9-12/h6-9H,4-5,10H2,1-3H3,(H,14,15). The molecule has 5 nitrogen and oxygen atoms in total. The molecule has 0 saturated heterocycles. The van der Waals surface area contributed by atoms with Gasteiger partial charge in [-0.05, 0) is 32.9 Å². The van der Waals surface area contributed by atoms with Crippen molar-refractivity contribution in [2.75, 3.05) is 19.1 Å². The van der Waals surface area contributed by atoms with Crippen molar-refractivity contribution >= 4 is 20.3 Å². The van der Waals surface area contributed by atoms with Crippen LogP contribution < -0.4 is 5.30 Å². The van der Waals surface area contributed by atoms with Crippen LogP contribution in [0.2, 0.25) is 0 Å². The van der Waals surface area contributed by atoms with Gasteiger partial charge in [0.05, 0.1) is 13.2 Å². The Bertz CT molecular complexity index is 497. The molecule has 0 saturated carbocycles. The van der Waals surface area contributed by atoms with Gasteiger partial charge in [0, 0.05) is 5.30 Å². The fraction of sp³-hybridized carbons (Fsp3) is 0.500. The Morgan fingerprint density at radius 2 is 1.58 bits per heavy atom. The zero-order valence-corrected chi connectivity index (χ0v) is 13.2. The van der Waals surface area contributed by atoms with Gasteiger partial charge in [-0.1, -0.05) is 17.7 Å². The molecule has 0 radical (unpaired) electrons. The van der Waals surface area contributed by atoms with Gasteiger partial charge in [-0.25, -0.2) is 0 Å². The Kier molecular flexibility index (Phi) is 5.97. The minimum absolute atomic E-state index is 0.0911. The normalized spacial score (nSPS) is 17.7. The molecule has 1 aromatic rings. The van der Waals surface area contributed by atoms with Crippen molar-refractivity contribution in [3.8, 4) is 0 Å². The maximum atomic E-state index is 12.8. The molecule has 2 atom stereocenters. The van der Waals surface area contributed by atoms with Gasteiger partial charge in [-0.2, -0.15) is 0 Å². The average Bonchev–Trinajstić information content (AvgIpc) is 2.28. The van der Waals surface area contributed by atoms with E-state index in [0.717, 1.165) is 5.56 Å². The van der Waals surface area contributed by atoms with E-state index >= 15 is 0 Å². The van der Waals surface area contributed by atoms with Crippen LogP contribution in [0.1, 0.15) is 19.4 Å². The first kappa shape index (κ1) is 16.6. The lowest BCUT2D eigenvalue weighted by atomic mass is 10.2. The van der Waals surface area contributed by atoms with E-state index in [0.29, 0.717) is 5.30 Å². The van der Waals surface area contributed by atoms with Crippen LogP contribution in [0.5, 0.6) is 0 Å². The van der Waals surface area contributed by atoms with Gasteiger partial charge in [0.25, 0.3) is 0 Å². The van der Waals surface area contributed by atoms with Gasteiger partial charge in [0.1, 0.15) is 5.90 Å². The lowest BCUT2D eigenvalue weighted by molar-refractivity contribution is 0.275. The molecule has 0 aromatic heterocycles. The summed E-state index contributed by atoms with van der Waals surface area (Å²) < 4.78 is 34.7. The van der Waals surface area contributed by atoms with Gasteiger partial charge in [-0.15, -0.1) is 0 Å². The molecule has 1 aromatic carbocycles. The van der Waals surface area contributed by atoms with Gasteiger partial charge in [-0.3, -0.25) is 9.13 Å². The summed E-state index contributed by atoms with van der Waals surface area (Å²) in [5.74, 6) is -0.495. The Hall–Kier alpha value is -0.440. The van der Waals surface area contributed by atoms with Crippen molar-refractivity contribution in [2.24, 2.45) is 0 Å². The van der Waals surface area contributed by atoms with E-state index in [-0.39, 0.29) is 13.2 Å². The van der Waals surface area contributed by atoms with Gasteiger partial charge < -0.3 is 13.9 Å². The van der Waals surface area contributed by atoms with Crippen LogP contribution in [-0.4, -0.2) is 24.0 Å². The molecule has 1 rings (SSSR count). The van der Waals surface area contributed by atoms with Crippen molar-refractivity contribution in [3.63, 3.8) is 0 Å². The zero-order chi connectivity index (χ0) is 14.5. The molecular formula is C12H20O5P2. The SMILES string of the molecule is CCOP(=O)(O)CP(=O)(OCC)c1ccc(C)cc1. The molecule has 0 aliphatic carbocycles. The third-order valence-corrected chi connectivity index (χ3v) is 7.80. The number of hydrogen-bond acceptors (Lipinski definition) is 4. The van der Waals surface area contributed by atoms with Gasteiger partial charge in [0.2, 0.25) is 7.37 Å². The molecule has 2 unspecified atom stereocenters. The van der Waals surface area contributed by atoms with Gasteiger partial charge in [0.15, 0.2) is 0 Å². The van der Waals surface area contributed by atoms with E-state index in [1.807, 2.05) is 6.92 Å². The molecule has 19 heavy (non-hydrogen) atoms. The molecule has 0 heterocycles. The number of rotatable bonds is 7. The van der Waals surface area contributed by atoms with Crippen molar-refractivity contribution in [1.82, 2.24) is 0 Å². The van der Waals surface area contributed by atoms with Crippen LogP contribution in [0.25, 0.3) is 0 Å². The van der Waals surface area contributed by atoms with Crippen LogP contribution in [-0.2, 0) is 18.2 Å². The van der Waals surface area contributed by atoms with Crippen molar-refractivity contribution in [2.45, 2.75) is 20.8 Å². The monoisotopic (exact) mass is 306 g/mol. The van der Waals surface area contributed by atoms with Crippen molar-refractivity contribution in [3.05, 3.63) is 29.8 Å². The molecule has 0 aliphatic heterocycles. The maximum Gasteiger partial charge on any atom is 0.338 e. The Morgan fingerprint density at radius 1 is 1.05 bits per heavy atom. The fourth-order valence-corrected chi connectivity index (χ4v) is 6.42. The summed E-state index contributed by atoms with van der Waals surface area (Å²) in [5.41, 5.74) is 1.02. The summed E-state index contributed by atoms with van der Waals surface area (Å²) in [6.45, 7) is 5.52. The molecule has 108 valence electrons. The average molecular weight is 306 g/mol. The highest BCUT2D eigenvalue weighted by Gasteiger charge is 2.36. The molecule has 0 spiro atoms. The molecular weight excluding hydrogens is 286 g/mol. The second-order valence-electron chi connectivity index (χ2n) is 4.12.